The Hall–Kier alpha value is -0.990. The normalized spacial score (nSPS) is 27.1. The fourth-order valence-electron chi connectivity index (χ4n) is 1.94. The second-order valence-electron chi connectivity index (χ2n) is 5.24. The first kappa shape index (κ1) is 16.1. The van der Waals surface area contributed by atoms with E-state index in [1.165, 1.54) is 0 Å². The number of halogens is 6. The van der Waals surface area contributed by atoms with Crippen LogP contribution in [0.4, 0.5) is 26.3 Å². The van der Waals surface area contributed by atoms with Crippen molar-refractivity contribution in [1.29, 1.82) is 0 Å². The van der Waals surface area contributed by atoms with Crippen molar-refractivity contribution in [3.8, 4) is 0 Å². The Morgan fingerprint density at radius 3 is 1.89 bits per heavy atom. The monoisotopic (exact) mass is 292 g/mol. The summed E-state index contributed by atoms with van der Waals surface area (Å²) in [6.07, 6.45) is -11.2. The van der Waals surface area contributed by atoms with Crippen LogP contribution in [0, 0.1) is 11.3 Å². The van der Waals surface area contributed by atoms with Crippen LogP contribution in [0.5, 0.6) is 0 Å². The number of nitrogens with one attached hydrogen (secondary N) is 1. The maximum atomic E-state index is 12.3. The molecule has 3 nitrogen and oxygen atoms in total. The van der Waals surface area contributed by atoms with Crippen LogP contribution in [-0.4, -0.2) is 30.3 Å². The van der Waals surface area contributed by atoms with E-state index < -0.39 is 35.6 Å². The molecule has 0 aliphatic heterocycles. The van der Waals surface area contributed by atoms with Gasteiger partial charge in [-0.15, -0.1) is 0 Å². The Kier molecular flexibility index (Phi) is 3.83. The van der Waals surface area contributed by atoms with Crippen molar-refractivity contribution >= 4 is 5.91 Å². The lowest BCUT2D eigenvalue weighted by Crippen LogP contribution is -2.66. The molecule has 1 rings (SSSR count). The predicted molar refractivity (Wildman–Crippen MR) is 53.9 cm³/mol. The van der Waals surface area contributed by atoms with Crippen molar-refractivity contribution in [3.05, 3.63) is 0 Å². The molecular weight excluding hydrogens is 278 g/mol. The van der Waals surface area contributed by atoms with E-state index in [2.05, 4.69) is 0 Å². The van der Waals surface area contributed by atoms with E-state index in [1.807, 2.05) is 0 Å². The summed E-state index contributed by atoms with van der Waals surface area (Å²) in [5.41, 5.74) is 4.85. The third kappa shape index (κ3) is 3.13. The van der Waals surface area contributed by atoms with E-state index in [4.69, 9.17) is 5.73 Å². The van der Waals surface area contributed by atoms with Gasteiger partial charge in [0, 0.05) is 17.5 Å². The van der Waals surface area contributed by atoms with Gasteiger partial charge in [0.2, 0.25) is 11.8 Å². The highest BCUT2D eigenvalue weighted by Gasteiger charge is 2.62. The number of alkyl halides is 6. The minimum atomic E-state index is -5.67. The standard InChI is InChI=1S/C10H14F6N2O/c1-8(2)4(17)3-5(8)18-7(19)6(9(11,12)13)10(14,15)16/h4-6H,3,17H2,1-2H3,(H,18,19). The minimum Gasteiger partial charge on any atom is -0.352 e. The van der Waals surface area contributed by atoms with Crippen LogP contribution in [0.25, 0.3) is 0 Å². The summed E-state index contributed by atoms with van der Waals surface area (Å²) in [4.78, 5) is 11.2. The van der Waals surface area contributed by atoms with Crippen LogP contribution in [0.2, 0.25) is 0 Å². The van der Waals surface area contributed by atoms with Crippen molar-refractivity contribution < 1.29 is 31.1 Å². The highest BCUT2D eigenvalue weighted by molar-refractivity contribution is 5.80. The minimum absolute atomic E-state index is 0.154. The number of carbonyl (C=O) groups excluding carboxylic acids is 1. The summed E-state index contributed by atoms with van der Waals surface area (Å²) < 4.78 is 73.8. The molecule has 0 aromatic rings. The lowest BCUT2D eigenvalue weighted by Gasteiger charge is -2.50. The van der Waals surface area contributed by atoms with Crippen LogP contribution in [0.3, 0.4) is 0 Å². The van der Waals surface area contributed by atoms with Gasteiger partial charge in [-0.3, -0.25) is 4.79 Å². The molecule has 1 aliphatic rings. The zero-order valence-corrected chi connectivity index (χ0v) is 10.2. The lowest BCUT2D eigenvalue weighted by molar-refractivity contribution is -0.274. The summed E-state index contributed by atoms with van der Waals surface area (Å²) >= 11 is 0. The van der Waals surface area contributed by atoms with Crippen LogP contribution in [0.15, 0.2) is 0 Å². The molecule has 0 bridgehead atoms. The Labute approximate surface area is 105 Å². The molecule has 0 aromatic carbocycles. The van der Waals surface area contributed by atoms with E-state index in [0.29, 0.717) is 0 Å². The second-order valence-corrected chi connectivity index (χ2v) is 5.24. The van der Waals surface area contributed by atoms with Gasteiger partial charge in [0.15, 0.2) is 0 Å². The highest BCUT2D eigenvalue weighted by atomic mass is 19.4. The van der Waals surface area contributed by atoms with Crippen LogP contribution in [-0.2, 0) is 4.79 Å². The molecule has 0 saturated heterocycles. The number of amides is 1. The summed E-state index contributed by atoms with van der Waals surface area (Å²) in [5.74, 6) is -6.09. The maximum Gasteiger partial charge on any atom is 0.409 e. The number of hydrogen-bond donors (Lipinski definition) is 2. The Morgan fingerprint density at radius 1 is 1.21 bits per heavy atom. The third-order valence-electron chi connectivity index (χ3n) is 3.58. The van der Waals surface area contributed by atoms with Crippen LogP contribution < -0.4 is 11.1 Å². The lowest BCUT2D eigenvalue weighted by atomic mass is 9.63. The average Bonchev–Trinajstić information content (AvgIpc) is 2.12. The number of carbonyl (C=O) groups is 1. The smallest absolute Gasteiger partial charge is 0.352 e. The molecule has 0 aromatic heterocycles. The number of hydrogen-bond acceptors (Lipinski definition) is 2. The molecule has 19 heavy (non-hydrogen) atoms. The van der Waals surface area contributed by atoms with Crippen LogP contribution >= 0.6 is 0 Å². The first-order chi connectivity index (χ1) is 8.28. The molecule has 1 fully saturated rings. The van der Waals surface area contributed by atoms with Crippen molar-refractivity contribution in [1.82, 2.24) is 5.32 Å². The molecule has 3 N–H and O–H groups in total. The third-order valence-corrected chi connectivity index (χ3v) is 3.58. The molecule has 1 aliphatic carbocycles. The first-order valence-electron chi connectivity index (χ1n) is 5.47. The van der Waals surface area contributed by atoms with Crippen molar-refractivity contribution in [2.75, 3.05) is 0 Å². The van der Waals surface area contributed by atoms with E-state index in [-0.39, 0.29) is 12.5 Å². The molecule has 0 heterocycles. The largest absolute Gasteiger partial charge is 0.409 e. The molecule has 0 spiro atoms. The van der Waals surface area contributed by atoms with Gasteiger partial charge in [-0.2, -0.15) is 26.3 Å². The van der Waals surface area contributed by atoms with Crippen molar-refractivity contribution in [3.63, 3.8) is 0 Å². The second kappa shape index (κ2) is 4.53. The first-order valence-corrected chi connectivity index (χ1v) is 5.47. The molecular formula is C10H14F6N2O. The van der Waals surface area contributed by atoms with Gasteiger partial charge in [0.05, 0.1) is 0 Å². The number of nitrogens with two attached hydrogens (primary N) is 1. The van der Waals surface area contributed by atoms with Gasteiger partial charge in [0.25, 0.3) is 0 Å². The number of rotatable bonds is 2. The molecule has 2 atom stereocenters. The fraction of sp³-hybridized carbons (Fsp3) is 0.900. The van der Waals surface area contributed by atoms with Gasteiger partial charge in [-0.1, -0.05) is 13.8 Å². The van der Waals surface area contributed by atoms with E-state index in [0.717, 1.165) is 0 Å². The van der Waals surface area contributed by atoms with Gasteiger partial charge in [0.1, 0.15) is 0 Å². The quantitative estimate of drug-likeness (QED) is 0.765. The van der Waals surface area contributed by atoms with Gasteiger partial charge < -0.3 is 11.1 Å². The van der Waals surface area contributed by atoms with Crippen molar-refractivity contribution in [2.24, 2.45) is 17.1 Å². The van der Waals surface area contributed by atoms with E-state index in [9.17, 15) is 31.1 Å². The Bertz CT molecular complexity index is 348. The topological polar surface area (TPSA) is 55.1 Å². The van der Waals surface area contributed by atoms with E-state index >= 15 is 0 Å². The zero-order valence-electron chi connectivity index (χ0n) is 10.2. The predicted octanol–water partition coefficient (Wildman–Crippen LogP) is 1.97. The van der Waals surface area contributed by atoms with Crippen LogP contribution in [0.1, 0.15) is 20.3 Å². The van der Waals surface area contributed by atoms with E-state index in [1.54, 1.807) is 19.2 Å². The summed E-state index contributed by atoms with van der Waals surface area (Å²) in [6, 6.07) is -1.16. The summed E-state index contributed by atoms with van der Waals surface area (Å²) in [6.45, 7) is 3.14. The summed E-state index contributed by atoms with van der Waals surface area (Å²) in [7, 11) is 0. The Balaban J connectivity index is 2.81. The SMILES string of the molecule is CC1(C)C(N)CC1NC(=O)C(C(F)(F)F)C(F)(F)F. The van der Waals surface area contributed by atoms with Gasteiger partial charge >= 0.3 is 12.4 Å². The van der Waals surface area contributed by atoms with Gasteiger partial charge in [-0.05, 0) is 6.42 Å². The molecule has 112 valence electrons. The van der Waals surface area contributed by atoms with Gasteiger partial charge in [-0.25, -0.2) is 0 Å². The highest BCUT2D eigenvalue weighted by Crippen LogP contribution is 2.42. The summed E-state index contributed by atoms with van der Waals surface area (Å²) in [5, 5.41) is 1.79. The Morgan fingerprint density at radius 2 is 1.63 bits per heavy atom. The average molecular weight is 292 g/mol. The zero-order chi connectivity index (χ0) is 15.2. The maximum absolute atomic E-state index is 12.3. The molecule has 0 radical (unpaired) electrons. The molecule has 1 amide bonds. The van der Waals surface area contributed by atoms with Crippen molar-refractivity contribution in [2.45, 2.75) is 44.7 Å². The molecule has 1 saturated carbocycles. The fourth-order valence-corrected chi connectivity index (χ4v) is 1.94. The molecule has 2 unspecified atom stereocenters. The molecule has 9 heteroatoms.